The highest BCUT2D eigenvalue weighted by molar-refractivity contribution is 5.72. The Bertz CT molecular complexity index is 170. The van der Waals surface area contributed by atoms with Gasteiger partial charge in [0.15, 0.2) is 6.10 Å². The van der Waals surface area contributed by atoms with Crippen LogP contribution in [0.5, 0.6) is 0 Å². The first kappa shape index (κ1) is 9.48. The second kappa shape index (κ2) is 3.41. The first-order valence-corrected chi connectivity index (χ1v) is 4.03. The molecular weight excluding hydrogens is 160 g/mol. The fourth-order valence-electron chi connectivity index (χ4n) is 1.26. The van der Waals surface area contributed by atoms with Crippen LogP contribution in [0.3, 0.4) is 0 Å². The Hall–Kier alpha value is -0.610. The zero-order valence-corrected chi connectivity index (χ0v) is 7.12. The lowest BCUT2D eigenvalue weighted by Gasteiger charge is -2.34. The lowest BCUT2D eigenvalue weighted by Crippen LogP contribution is -2.39. The molecule has 0 aromatic rings. The van der Waals surface area contributed by atoms with Crippen molar-refractivity contribution < 1.29 is 19.7 Å². The molecular formula is C8H14O4. The van der Waals surface area contributed by atoms with Crippen LogP contribution in [0.25, 0.3) is 0 Å². The van der Waals surface area contributed by atoms with E-state index in [4.69, 9.17) is 14.9 Å². The standard InChI is InChI=1S/C8H14O4/c1-8(4-9)3-2-6(7(10)11)12-5-8/h6,9H,2-5H2,1H3,(H,10,11)/t6?,8-/m1/s1. The summed E-state index contributed by atoms with van der Waals surface area (Å²) in [5.74, 6) is -0.907. The van der Waals surface area contributed by atoms with Gasteiger partial charge in [-0.15, -0.1) is 0 Å². The summed E-state index contributed by atoms with van der Waals surface area (Å²) in [6, 6.07) is 0. The molecule has 1 fully saturated rings. The Morgan fingerprint density at radius 2 is 2.42 bits per heavy atom. The summed E-state index contributed by atoms with van der Waals surface area (Å²) in [4.78, 5) is 10.5. The van der Waals surface area contributed by atoms with E-state index < -0.39 is 12.1 Å². The summed E-state index contributed by atoms with van der Waals surface area (Å²) in [6.45, 7) is 2.28. The van der Waals surface area contributed by atoms with Crippen molar-refractivity contribution in [2.75, 3.05) is 13.2 Å². The Morgan fingerprint density at radius 1 is 1.75 bits per heavy atom. The van der Waals surface area contributed by atoms with Crippen LogP contribution in [0.2, 0.25) is 0 Å². The molecule has 4 nitrogen and oxygen atoms in total. The smallest absolute Gasteiger partial charge is 0.332 e. The van der Waals surface area contributed by atoms with Crippen molar-refractivity contribution in [2.45, 2.75) is 25.9 Å². The first-order chi connectivity index (χ1) is 5.57. The first-order valence-electron chi connectivity index (χ1n) is 4.03. The van der Waals surface area contributed by atoms with Gasteiger partial charge in [0, 0.05) is 5.41 Å². The SMILES string of the molecule is C[C@]1(CO)CCC(C(=O)O)OC1. The average molecular weight is 174 g/mol. The van der Waals surface area contributed by atoms with E-state index in [2.05, 4.69) is 0 Å². The number of carboxylic acid groups (broad SMARTS) is 1. The lowest BCUT2D eigenvalue weighted by molar-refractivity contribution is -0.160. The van der Waals surface area contributed by atoms with Crippen molar-refractivity contribution in [1.82, 2.24) is 0 Å². The third-order valence-corrected chi connectivity index (χ3v) is 2.30. The van der Waals surface area contributed by atoms with Gasteiger partial charge in [-0.2, -0.15) is 0 Å². The van der Waals surface area contributed by atoms with Gasteiger partial charge in [-0.1, -0.05) is 6.92 Å². The second-order valence-electron chi connectivity index (χ2n) is 3.65. The summed E-state index contributed by atoms with van der Waals surface area (Å²) in [7, 11) is 0. The number of hydrogen-bond donors (Lipinski definition) is 2. The van der Waals surface area contributed by atoms with Gasteiger partial charge in [-0.25, -0.2) is 4.79 Å². The number of aliphatic hydroxyl groups is 1. The van der Waals surface area contributed by atoms with E-state index in [0.717, 1.165) is 0 Å². The zero-order valence-electron chi connectivity index (χ0n) is 7.12. The molecule has 0 spiro atoms. The quantitative estimate of drug-likeness (QED) is 0.629. The van der Waals surface area contributed by atoms with E-state index in [0.29, 0.717) is 19.4 Å². The molecule has 1 aliphatic heterocycles. The molecule has 0 radical (unpaired) electrons. The average Bonchev–Trinajstić information content (AvgIpc) is 2.05. The van der Waals surface area contributed by atoms with Crippen LogP contribution in [0.4, 0.5) is 0 Å². The van der Waals surface area contributed by atoms with Crippen molar-refractivity contribution in [3.8, 4) is 0 Å². The summed E-state index contributed by atoms with van der Waals surface area (Å²) in [5, 5.41) is 17.5. The molecule has 1 saturated heterocycles. The number of rotatable bonds is 2. The largest absolute Gasteiger partial charge is 0.479 e. The lowest BCUT2D eigenvalue weighted by atomic mass is 9.84. The predicted molar refractivity (Wildman–Crippen MR) is 41.8 cm³/mol. The molecule has 1 aliphatic rings. The highest BCUT2D eigenvalue weighted by Gasteiger charge is 2.34. The molecule has 0 aromatic carbocycles. The maximum absolute atomic E-state index is 10.5. The molecule has 0 aliphatic carbocycles. The van der Waals surface area contributed by atoms with Gasteiger partial charge in [-0.05, 0) is 12.8 Å². The van der Waals surface area contributed by atoms with Crippen LogP contribution in [0, 0.1) is 5.41 Å². The minimum Gasteiger partial charge on any atom is -0.479 e. The number of aliphatic hydroxyl groups excluding tert-OH is 1. The van der Waals surface area contributed by atoms with Gasteiger partial charge >= 0.3 is 5.97 Å². The third kappa shape index (κ3) is 1.95. The van der Waals surface area contributed by atoms with Gasteiger partial charge in [0.2, 0.25) is 0 Å². The van der Waals surface area contributed by atoms with Crippen molar-refractivity contribution in [2.24, 2.45) is 5.41 Å². The Morgan fingerprint density at radius 3 is 2.75 bits per heavy atom. The van der Waals surface area contributed by atoms with Crippen molar-refractivity contribution in [3.05, 3.63) is 0 Å². The summed E-state index contributed by atoms with van der Waals surface area (Å²) < 4.78 is 5.09. The monoisotopic (exact) mass is 174 g/mol. The molecule has 12 heavy (non-hydrogen) atoms. The molecule has 1 rings (SSSR count). The topological polar surface area (TPSA) is 66.8 Å². The number of aliphatic carboxylic acids is 1. The van der Waals surface area contributed by atoms with Crippen molar-refractivity contribution in [3.63, 3.8) is 0 Å². The van der Waals surface area contributed by atoms with Gasteiger partial charge in [0.05, 0.1) is 13.2 Å². The number of ether oxygens (including phenoxy) is 1. The van der Waals surface area contributed by atoms with Gasteiger partial charge in [-0.3, -0.25) is 0 Å². The van der Waals surface area contributed by atoms with Crippen molar-refractivity contribution >= 4 is 5.97 Å². The molecule has 0 bridgehead atoms. The Kier molecular flexibility index (Phi) is 2.69. The van der Waals surface area contributed by atoms with E-state index in [9.17, 15) is 4.79 Å². The van der Waals surface area contributed by atoms with E-state index >= 15 is 0 Å². The minimum absolute atomic E-state index is 0.0549. The predicted octanol–water partition coefficient (Wildman–Crippen LogP) is 0.249. The highest BCUT2D eigenvalue weighted by atomic mass is 16.5. The van der Waals surface area contributed by atoms with Crippen LogP contribution >= 0.6 is 0 Å². The zero-order chi connectivity index (χ0) is 9.19. The summed E-state index contributed by atoms with van der Waals surface area (Å²) >= 11 is 0. The van der Waals surface area contributed by atoms with Crippen LogP contribution < -0.4 is 0 Å². The van der Waals surface area contributed by atoms with E-state index in [1.807, 2.05) is 6.92 Å². The normalized spacial score (nSPS) is 36.3. The van der Waals surface area contributed by atoms with Crippen LogP contribution in [-0.4, -0.2) is 35.5 Å². The maximum Gasteiger partial charge on any atom is 0.332 e. The molecule has 2 atom stereocenters. The van der Waals surface area contributed by atoms with E-state index in [1.54, 1.807) is 0 Å². The molecule has 1 heterocycles. The minimum atomic E-state index is -0.907. The fourth-order valence-corrected chi connectivity index (χ4v) is 1.26. The number of hydrogen-bond acceptors (Lipinski definition) is 3. The third-order valence-electron chi connectivity index (χ3n) is 2.30. The van der Waals surface area contributed by atoms with Gasteiger partial charge < -0.3 is 14.9 Å². The Labute approximate surface area is 71.2 Å². The van der Waals surface area contributed by atoms with Crippen LogP contribution in [0.1, 0.15) is 19.8 Å². The molecule has 0 saturated carbocycles. The molecule has 0 aromatic heterocycles. The van der Waals surface area contributed by atoms with E-state index in [1.165, 1.54) is 0 Å². The molecule has 2 N–H and O–H groups in total. The second-order valence-corrected chi connectivity index (χ2v) is 3.65. The van der Waals surface area contributed by atoms with Crippen LogP contribution in [-0.2, 0) is 9.53 Å². The summed E-state index contributed by atoms with van der Waals surface area (Å²) in [5.41, 5.74) is -0.244. The Balaban J connectivity index is 2.44. The molecule has 4 heteroatoms. The fraction of sp³-hybridized carbons (Fsp3) is 0.875. The number of carboxylic acids is 1. The van der Waals surface area contributed by atoms with E-state index in [-0.39, 0.29) is 12.0 Å². The number of carbonyl (C=O) groups is 1. The van der Waals surface area contributed by atoms with Crippen LogP contribution in [0.15, 0.2) is 0 Å². The maximum atomic E-state index is 10.5. The van der Waals surface area contributed by atoms with Crippen molar-refractivity contribution in [1.29, 1.82) is 0 Å². The molecule has 0 amide bonds. The molecule has 1 unspecified atom stereocenters. The van der Waals surface area contributed by atoms with Gasteiger partial charge in [0.25, 0.3) is 0 Å². The van der Waals surface area contributed by atoms with Gasteiger partial charge in [0.1, 0.15) is 0 Å². The molecule has 70 valence electrons. The highest BCUT2D eigenvalue weighted by Crippen LogP contribution is 2.29. The summed E-state index contributed by atoms with van der Waals surface area (Å²) in [6.07, 6.45) is 0.525.